The third-order valence-electron chi connectivity index (χ3n) is 10.9. The number of hydrogen-bond donors (Lipinski definition) is 0. The number of unbranched alkanes of at least 4 members (excludes halogenated alkanes) is 20. The molecule has 8 nitrogen and oxygen atoms in total. The van der Waals surface area contributed by atoms with E-state index in [-0.39, 0.29) is 32.2 Å². The van der Waals surface area contributed by atoms with Crippen LogP contribution < -0.4 is 4.89 Å². The van der Waals surface area contributed by atoms with E-state index in [0.717, 1.165) is 83.5 Å². The normalized spacial score (nSPS) is 14.2. The van der Waals surface area contributed by atoms with Crippen molar-refractivity contribution in [1.82, 2.24) is 0 Å². The lowest BCUT2D eigenvalue weighted by molar-refractivity contribution is -0.870. The summed E-state index contributed by atoms with van der Waals surface area (Å²) in [6.07, 6.45) is 64.7. The van der Waals surface area contributed by atoms with Crippen molar-refractivity contribution in [1.29, 1.82) is 0 Å². The van der Waals surface area contributed by atoms with Crippen LogP contribution in [0.2, 0.25) is 0 Å². The van der Waals surface area contributed by atoms with Crippen molar-refractivity contribution < 1.29 is 37.3 Å². The van der Waals surface area contributed by atoms with E-state index in [4.69, 9.17) is 18.5 Å². The molecule has 0 heterocycles. The van der Waals surface area contributed by atoms with Crippen LogP contribution in [0.3, 0.4) is 0 Å². The second kappa shape index (κ2) is 48.1. The molecule has 65 heavy (non-hydrogen) atoms. The number of carbonyl (C=O) groups is 1. The zero-order valence-electron chi connectivity index (χ0n) is 42.7. The van der Waals surface area contributed by atoms with Gasteiger partial charge >= 0.3 is 5.97 Å². The first-order valence-corrected chi connectivity index (χ1v) is 27.8. The Hall–Kier alpha value is -2.32. The van der Waals surface area contributed by atoms with Gasteiger partial charge in [0.05, 0.1) is 34.4 Å². The second-order valence-corrected chi connectivity index (χ2v) is 19.9. The van der Waals surface area contributed by atoms with E-state index in [1.54, 1.807) is 0 Å². The van der Waals surface area contributed by atoms with Crippen molar-refractivity contribution in [2.24, 2.45) is 0 Å². The van der Waals surface area contributed by atoms with Gasteiger partial charge in [-0.05, 0) is 89.9 Å². The Kier molecular flexibility index (Phi) is 46.4. The topological polar surface area (TPSA) is 94.1 Å². The zero-order valence-corrected chi connectivity index (χ0v) is 43.6. The predicted octanol–water partition coefficient (Wildman–Crippen LogP) is 15.8. The zero-order chi connectivity index (χ0) is 47.6. The highest BCUT2D eigenvalue weighted by Gasteiger charge is 2.20. The van der Waals surface area contributed by atoms with Crippen molar-refractivity contribution in [3.8, 4) is 0 Å². The van der Waals surface area contributed by atoms with E-state index in [0.29, 0.717) is 17.6 Å². The van der Waals surface area contributed by atoms with Crippen LogP contribution in [0.1, 0.15) is 206 Å². The molecule has 0 aromatic carbocycles. The molecule has 9 heteroatoms. The van der Waals surface area contributed by atoms with Gasteiger partial charge in [-0.1, -0.05) is 195 Å². The molecule has 0 saturated carbocycles. The lowest BCUT2D eigenvalue weighted by Gasteiger charge is -2.28. The van der Waals surface area contributed by atoms with Gasteiger partial charge in [-0.25, -0.2) is 0 Å². The maximum atomic E-state index is 12.7. The van der Waals surface area contributed by atoms with Gasteiger partial charge < -0.3 is 27.9 Å². The number of carbonyl (C=O) groups excluding carboxylic acids is 1. The largest absolute Gasteiger partial charge is 0.756 e. The number of hydrogen-bond acceptors (Lipinski definition) is 7. The van der Waals surface area contributed by atoms with Crippen LogP contribution in [0.5, 0.6) is 0 Å². The number of phosphoric ester groups is 1. The molecule has 0 bridgehead atoms. The average Bonchev–Trinajstić information content (AvgIpc) is 3.27. The van der Waals surface area contributed by atoms with Gasteiger partial charge in [-0.2, -0.15) is 0 Å². The Morgan fingerprint density at radius 2 is 0.892 bits per heavy atom. The second-order valence-electron chi connectivity index (χ2n) is 18.5. The van der Waals surface area contributed by atoms with Crippen molar-refractivity contribution in [3.05, 3.63) is 85.1 Å². The molecule has 0 aromatic heterocycles. The summed E-state index contributed by atoms with van der Waals surface area (Å²) >= 11 is 0. The fourth-order valence-corrected chi connectivity index (χ4v) is 7.63. The molecule has 0 spiro atoms. The maximum Gasteiger partial charge on any atom is 0.306 e. The Balaban J connectivity index is 4.15. The van der Waals surface area contributed by atoms with Crippen LogP contribution in [0.15, 0.2) is 85.1 Å². The average molecular weight is 930 g/mol. The lowest BCUT2D eigenvalue weighted by Crippen LogP contribution is -2.37. The van der Waals surface area contributed by atoms with Crippen LogP contribution in [-0.4, -0.2) is 70.7 Å². The van der Waals surface area contributed by atoms with E-state index >= 15 is 0 Å². The van der Waals surface area contributed by atoms with Gasteiger partial charge in [-0.3, -0.25) is 9.36 Å². The Morgan fingerprint density at radius 1 is 0.492 bits per heavy atom. The van der Waals surface area contributed by atoms with Crippen molar-refractivity contribution >= 4 is 13.8 Å². The fourth-order valence-electron chi connectivity index (χ4n) is 6.90. The number of phosphoric acid groups is 1. The molecule has 376 valence electrons. The fraction of sp³-hybridized carbons (Fsp3) is 0.732. The van der Waals surface area contributed by atoms with Crippen molar-refractivity contribution in [2.45, 2.75) is 213 Å². The molecule has 0 aliphatic carbocycles. The summed E-state index contributed by atoms with van der Waals surface area (Å²) in [5.41, 5.74) is 0. The summed E-state index contributed by atoms with van der Waals surface area (Å²) < 4.78 is 34.7. The smallest absolute Gasteiger partial charge is 0.306 e. The third kappa shape index (κ3) is 52.5. The summed E-state index contributed by atoms with van der Waals surface area (Å²) in [7, 11) is 1.33. The van der Waals surface area contributed by atoms with E-state index in [1.807, 2.05) is 21.1 Å². The molecule has 2 atom stereocenters. The van der Waals surface area contributed by atoms with Gasteiger partial charge in [0.2, 0.25) is 0 Å². The van der Waals surface area contributed by atoms with Crippen molar-refractivity contribution in [3.63, 3.8) is 0 Å². The minimum atomic E-state index is -4.54. The minimum Gasteiger partial charge on any atom is -0.756 e. The predicted molar refractivity (Wildman–Crippen MR) is 277 cm³/mol. The summed E-state index contributed by atoms with van der Waals surface area (Å²) in [5.74, 6) is -0.360. The third-order valence-corrected chi connectivity index (χ3v) is 11.9. The Labute approximate surface area is 401 Å². The highest BCUT2D eigenvalue weighted by Crippen LogP contribution is 2.38. The number of esters is 1. The van der Waals surface area contributed by atoms with Gasteiger partial charge in [-0.15, -0.1) is 0 Å². The van der Waals surface area contributed by atoms with E-state index in [2.05, 4.69) is 98.9 Å². The monoisotopic (exact) mass is 930 g/mol. The summed E-state index contributed by atoms with van der Waals surface area (Å²) in [6.45, 7) is 5.24. The lowest BCUT2D eigenvalue weighted by atomic mass is 10.1. The molecule has 0 saturated heterocycles. The molecule has 0 aromatic rings. The highest BCUT2D eigenvalue weighted by molar-refractivity contribution is 7.45. The molecule has 0 radical (unpaired) electrons. The van der Waals surface area contributed by atoms with E-state index in [9.17, 15) is 14.3 Å². The number of rotatable bonds is 48. The minimum absolute atomic E-state index is 0.0162. The highest BCUT2D eigenvalue weighted by atomic mass is 31.2. The van der Waals surface area contributed by atoms with Gasteiger partial charge in [0.15, 0.2) is 0 Å². The molecule has 2 unspecified atom stereocenters. The summed E-state index contributed by atoms with van der Waals surface area (Å²) in [4.78, 5) is 25.2. The first kappa shape index (κ1) is 62.7. The van der Waals surface area contributed by atoms with E-state index < -0.39 is 13.9 Å². The van der Waals surface area contributed by atoms with Gasteiger partial charge in [0, 0.05) is 13.0 Å². The molecule has 0 amide bonds. The summed E-state index contributed by atoms with van der Waals surface area (Å²) in [5, 5.41) is 0. The molecule has 0 fully saturated rings. The molecule has 0 rings (SSSR count). The van der Waals surface area contributed by atoms with Crippen LogP contribution in [0, 0.1) is 0 Å². The number of ether oxygens (including phenoxy) is 2. The molecular weight excluding hydrogens is 830 g/mol. The molecular formula is C56H100NO7P. The molecule has 0 aliphatic rings. The Morgan fingerprint density at radius 3 is 1.34 bits per heavy atom. The SMILES string of the molecule is CC/C=C\C/C=C\C/C=C\C/C=C\CCCCCCC(=O)OC(COCCCCCCCCCCCCC/C=C\C/C=C\C/C=C\CCCCCCC)COP(=O)([O-])OCC[N+](C)(C)C. The number of quaternary nitrogens is 1. The van der Waals surface area contributed by atoms with Crippen LogP contribution in [0.25, 0.3) is 0 Å². The van der Waals surface area contributed by atoms with E-state index in [1.165, 1.54) is 103 Å². The maximum absolute atomic E-state index is 12.7. The molecule has 0 N–H and O–H groups in total. The van der Waals surface area contributed by atoms with Crippen LogP contribution >= 0.6 is 7.82 Å². The number of nitrogens with zero attached hydrogens (tertiary/aromatic N) is 1. The Bertz CT molecular complexity index is 1310. The first-order chi connectivity index (χ1) is 31.6. The van der Waals surface area contributed by atoms with Gasteiger partial charge in [0.1, 0.15) is 19.3 Å². The quantitative estimate of drug-likeness (QED) is 0.0197. The van der Waals surface area contributed by atoms with Crippen LogP contribution in [-0.2, 0) is 27.9 Å². The number of allylic oxidation sites excluding steroid dienone is 14. The van der Waals surface area contributed by atoms with Gasteiger partial charge in [0.25, 0.3) is 7.82 Å². The van der Waals surface area contributed by atoms with Crippen LogP contribution in [0.4, 0.5) is 0 Å². The van der Waals surface area contributed by atoms with Crippen molar-refractivity contribution in [2.75, 3.05) is 54.1 Å². The summed E-state index contributed by atoms with van der Waals surface area (Å²) in [6, 6.07) is 0. The number of likely N-dealkylation sites (N-methyl/N-ethyl adjacent to an activating group) is 1. The molecule has 0 aliphatic heterocycles. The first-order valence-electron chi connectivity index (χ1n) is 26.3. The standard InChI is InChI=1S/C56H100NO7P/c1-6-8-10-12-14-16-18-20-22-24-25-26-27-28-29-30-31-32-34-36-38-40-42-44-46-48-51-61-53-55(54-63-65(59,60)62-52-50-57(3,4)5)64-56(58)49-47-45-43-41-39-37-35-33-23-21-19-17-15-13-11-9-7-2/h9,11,15,17-18,20-21,23-25,27-28,35,37,55H,6-8,10,12-14,16,19,22,26,29-34,36,38-54H2,1-5H3/b11-9-,17-15-,20-18-,23-21-,25-24-,28-27-,37-35-.